The molecule has 0 radical (unpaired) electrons. The average molecular weight is 423 g/mol. The average Bonchev–Trinajstić information content (AvgIpc) is 3.33. The van der Waals surface area contributed by atoms with E-state index >= 15 is 0 Å². The van der Waals surface area contributed by atoms with Gasteiger partial charge in [0.05, 0.1) is 22.5 Å². The van der Waals surface area contributed by atoms with Crippen LogP contribution in [0.2, 0.25) is 0 Å². The van der Waals surface area contributed by atoms with Gasteiger partial charge in [0.2, 0.25) is 5.91 Å². The number of nitrogens with one attached hydrogen (secondary N) is 2. The molecule has 31 heavy (non-hydrogen) atoms. The van der Waals surface area contributed by atoms with Crippen LogP contribution in [0, 0.1) is 28.4 Å². The van der Waals surface area contributed by atoms with Crippen LogP contribution in [0.3, 0.4) is 0 Å². The Morgan fingerprint density at radius 2 is 1.94 bits per heavy atom. The number of aromatic nitrogens is 3. The molecule has 1 aliphatic rings. The lowest BCUT2D eigenvalue weighted by molar-refractivity contribution is -0.125. The number of carbonyl (C=O) groups is 1. The number of rotatable bonds is 4. The lowest BCUT2D eigenvalue weighted by Gasteiger charge is -2.23. The van der Waals surface area contributed by atoms with Crippen molar-refractivity contribution in [3.63, 3.8) is 0 Å². The van der Waals surface area contributed by atoms with Crippen LogP contribution in [0.5, 0.6) is 0 Å². The molecular formula is C22H19F2N5O2. The molecule has 9 heteroatoms. The number of nitrogens with zero attached hydrogens (tertiary/aromatic N) is 3. The molecule has 1 aliphatic carbocycles. The second-order valence-electron chi connectivity index (χ2n) is 8.44. The Hall–Kier alpha value is -3.67. The molecule has 1 amide bonds. The summed E-state index contributed by atoms with van der Waals surface area (Å²) in [5.74, 6) is -2.24. The Labute approximate surface area is 176 Å². The number of halogens is 2. The van der Waals surface area contributed by atoms with Gasteiger partial charge >= 0.3 is 0 Å². The van der Waals surface area contributed by atoms with Crippen molar-refractivity contribution >= 4 is 16.8 Å². The number of carbonyl (C=O) groups excluding carboxylic acids is 1. The van der Waals surface area contributed by atoms with Crippen LogP contribution >= 0.6 is 0 Å². The summed E-state index contributed by atoms with van der Waals surface area (Å²) in [4.78, 5) is 36.9. The zero-order chi connectivity index (χ0) is 22.6. The third-order valence-electron chi connectivity index (χ3n) is 6.03. The standard InChI is InChI=1S/C22H19F2N5O2/c1-11(18-26-8-12(7-25)9-27-18)28-20(31)22(10-21(22,2)3)14-6-13-16(29-19(14)30)5-4-15(23)17(13)24/h4-6,8-9,11H,10H2,1-3H3,(H,28,31)(H,29,30)/t11-,22-/m0/s1. The van der Waals surface area contributed by atoms with Crippen molar-refractivity contribution in [2.75, 3.05) is 0 Å². The number of pyridine rings is 1. The summed E-state index contributed by atoms with van der Waals surface area (Å²) < 4.78 is 28.1. The van der Waals surface area contributed by atoms with Crippen molar-refractivity contribution in [3.05, 3.63) is 69.5 Å². The monoisotopic (exact) mass is 423 g/mol. The lowest BCUT2D eigenvalue weighted by atomic mass is 9.86. The van der Waals surface area contributed by atoms with Crippen LogP contribution in [0.15, 0.2) is 35.4 Å². The first-order valence-electron chi connectivity index (χ1n) is 9.65. The maximum atomic E-state index is 14.4. The van der Waals surface area contributed by atoms with Crippen LogP contribution in [0.4, 0.5) is 8.78 Å². The molecule has 2 atom stereocenters. The van der Waals surface area contributed by atoms with E-state index in [9.17, 15) is 18.4 Å². The van der Waals surface area contributed by atoms with Crippen molar-refractivity contribution in [1.29, 1.82) is 5.26 Å². The van der Waals surface area contributed by atoms with Gasteiger partial charge in [-0.05, 0) is 37.0 Å². The van der Waals surface area contributed by atoms with Crippen LogP contribution in [-0.2, 0) is 10.2 Å². The number of nitriles is 1. The minimum atomic E-state index is -1.21. The molecule has 0 spiro atoms. The predicted molar refractivity (Wildman–Crippen MR) is 108 cm³/mol. The fraction of sp³-hybridized carbons (Fsp3) is 0.318. The van der Waals surface area contributed by atoms with Gasteiger partial charge in [-0.15, -0.1) is 0 Å². The first-order valence-corrected chi connectivity index (χ1v) is 9.65. The first kappa shape index (κ1) is 20.6. The van der Waals surface area contributed by atoms with Gasteiger partial charge in [-0.2, -0.15) is 5.26 Å². The Bertz CT molecular complexity index is 1310. The highest BCUT2D eigenvalue weighted by atomic mass is 19.2. The summed E-state index contributed by atoms with van der Waals surface area (Å²) in [6, 6.07) is 4.82. The Balaban J connectivity index is 1.74. The molecule has 0 saturated heterocycles. The molecule has 0 aliphatic heterocycles. The number of hydrogen-bond acceptors (Lipinski definition) is 5. The maximum absolute atomic E-state index is 14.4. The Kier molecular flexibility index (Phi) is 4.61. The van der Waals surface area contributed by atoms with E-state index in [2.05, 4.69) is 20.3 Å². The SMILES string of the molecule is C[C@H](NC(=O)[C@@]1(c2cc3c(F)c(F)ccc3[nH]c2=O)CC1(C)C)c1ncc(C#N)cn1. The molecule has 4 rings (SSSR count). The first-order chi connectivity index (χ1) is 14.6. The van der Waals surface area contributed by atoms with Crippen LogP contribution in [-0.4, -0.2) is 20.9 Å². The molecule has 3 aromatic rings. The second-order valence-corrected chi connectivity index (χ2v) is 8.44. The summed E-state index contributed by atoms with van der Waals surface area (Å²) in [6.45, 7) is 5.35. The third kappa shape index (κ3) is 3.15. The van der Waals surface area contributed by atoms with Gasteiger partial charge in [0.25, 0.3) is 5.56 Å². The zero-order valence-corrected chi connectivity index (χ0v) is 17.1. The summed E-state index contributed by atoms with van der Waals surface area (Å²) in [6.07, 6.45) is 3.07. The molecule has 7 nitrogen and oxygen atoms in total. The largest absolute Gasteiger partial charge is 0.346 e. The topological polar surface area (TPSA) is 112 Å². The summed E-state index contributed by atoms with van der Waals surface area (Å²) in [5.41, 5.74) is -1.79. The predicted octanol–water partition coefficient (Wildman–Crippen LogP) is 3.01. The number of H-pyrrole nitrogens is 1. The molecule has 1 aromatic carbocycles. The molecule has 1 fully saturated rings. The summed E-state index contributed by atoms with van der Waals surface area (Å²) in [5, 5.41) is 11.6. The third-order valence-corrected chi connectivity index (χ3v) is 6.03. The molecule has 158 valence electrons. The highest BCUT2D eigenvalue weighted by Gasteiger charge is 2.68. The zero-order valence-electron chi connectivity index (χ0n) is 17.1. The van der Waals surface area contributed by atoms with Gasteiger partial charge in [-0.25, -0.2) is 18.7 Å². The number of fused-ring (bicyclic) bond motifs is 1. The van der Waals surface area contributed by atoms with Crippen molar-refractivity contribution in [1.82, 2.24) is 20.3 Å². The molecular weight excluding hydrogens is 404 g/mol. The van der Waals surface area contributed by atoms with E-state index < -0.39 is 40.0 Å². The molecule has 0 unspecified atom stereocenters. The summed E-state index contributed by atoms with van der Waals surface area (Å²) in [7, 11) is 0. The van der Waals surface area contributed by atoms with Gasteiger partial charge in [0.1, 0.15) is 11.9 Å². The van der Waals surface area contributed by atoms with E-state index in [0.29, 0.717) is 17.8 Å². The number of benzene rings is 1. The van der Waals surface area contributed by atoms with Gasteiger partial charge in [-0.3, -0.25) is 9.59 Å². The smallest absolute Gasteiger partial charge is 0.252 e. The molecule has 0 bridgehead atoms. The van der Waals surface area contributed by atoms with Crippen molar-refractivity contribution in [2.45, 2.75) is 38.6 Å². The highest BCUT2D eigenvalue weighted by molar-refractivity contribution is 5.94. The van der Waals surface area contributed by atoms with Crippen molar-refractivity contribution < 1.29 is 13.6 Å². The fourth-order valence-corrected chi connectivity index (χ4v) is 4.13. The van der Waals surface area contributed by atoms with E-state index in [4.69, 9.17) is 5.26 Å². The Morgan fingerprint density at radius 3 is 2.52 bits per heavy atom. The Morgan fingerprint density at radius 1 is 1.29 bits per heavy atom. The minimum absolute atomic E-state index is 0.0833. The maximum Gasteiger partial charge on any atom is 0.252 e. The quantitative estimate of drug-likeness (QED) is 0.670. The van der Waals surface area contributed by atoms with Crippen molar-refractivity contribution in [2.24, 2.45) is 5.41 Å². The van der Waals surface area contributed by atoms with Crippen LogP contribution in [0.1, 0.15) is 50.2 Å². The summed E-state index contributed by atoms with van der Waals surface area (Å²) >= 11 is 0. The minimum Gasteiger partial charge on any atom is -0.346 e. The van der Waals surface area contributed by atoms with E-state index in [1.807, 2.05) is 19.9 Å². The van der Waals surface area contributed by atoms with Crippen LogP contribution in [0.25, 0.3) is 10.9 Å². The van der Waals surface area contributed by atoms with E-state index in [-0.39, 0.29) is 16.5 Å². The molecule has 2 heterocycles. The van der Waals surface area contributed by atoms with E-state index in [1.165, 1.54) is 24.5 Å². The molecule has 1 saturated carbocycles. The number of amides is 1. The number of aromatic amines is 1. The van der Waals surface area contributed by atoms with Gasteiger partial charge in [0.15, 0.2) is 11.6 Å². The van der Waals surface area contributed by atoms with Crippen LogP contribution < -0.4 is 10.9 Å². The molecule has 2 N–H and O–H groups in total. The highest BCUT2D eigenvalue weighted by Crippen LogP contribution is 2.64. The van der Waals surface area contributed by atoms with E-state index in [0.717, 1.165) is 6.07 Å². The van der Waals surface area contributed by atoms with Gasteiger partial charge in [0, 0.05) is 23.3 Å². The van der Waals surface area contributed by atoms with Gasteiger partial charge in [-0.1, -0.05) is 13.8 Å². The van der Waals surface area contributed by atoms with E-state index in [1.54, 1.807) is 6.92 Å². The fourth-order valence-electron chi connectivity index (χ4n) is 4.13. The van der Waals surface area contributed by atoms with Crippen molar-refractivity contribution in [3.8, 4) is 6.07 Å². The second kappa shape index (κ2) is 6.94. The lowest BCUT2D eigenvalue weighted by Crippen LogP contribution is -2.42. The molecule has 2 aromatic heterocycles. The van der Waals surface area contributed by atoms with Gasteiger partial charge < -0.3 is 10.3 Å². The normalized spacial score (nSPS) is 20.1. The number of hydrogen-bond donors (Lipinski definition) is 2.